The van der Waals surface area contributed by atoms with Crippen molar-refractivity contribution in [2.75, 3.05) is 13.1 Å². The molecule has 0 radical (unpaired) electrons. The van der Waals surface area contributed by atoms with Crippen molar-refractivity contribution in [3.8, 4) is 0 Å². The molecule has 0 spiro atoms. The molecule has 2 atom stereocenters. The molecule has 1 aliphatic heterocycles. The van der Waals surface area contributed by atoms with Crippen LogP contribution in [0.2, 0.25) is 0 Å². The molecule has 4 nitrogen and oxygen atoms in total. The third-order valence-electron chi connectivity index (χ3n) is 3.78. The number of nitrogens with zero attached hydrogens (tertiary/aromatic N) is 1. The van der Waals surface area contributed by atoms with Crippen LogP contribution in [-0.2, 0) is 6.54 Å². The summed E-state index contributed by atoms with van der Waals surface area (Å²) in [6, 6.07) is 5.64. The Bertz CT molecular complexity index is 482. The Morgan fingerprint density at radius 3 is 2.60 bits per heavy atom. The van der Waals surface area contributed by atoms with E-state index in [0.717, 1.165) is 35.9 Å². The Balaban J connectivity index is 2.08. The number of carbonyl (C=O) groups excluding carboxylic acids is 1. The fourth-order valence-electron chi connectivity index (χ4n) is 3.06. The Labute approximate surface area is 128 Å². The summed E-state index contributed by atoms with van der Waals surface area (Å²) in [5, 5.41) is 0. The summed E-state index contributed by atoms with van der Waals surface area (Å²) in [4.78, 5) is 14.0. The molecule has 0 saturated carbocycles. The quantitative estimate of drug-likeness (QED) is 0.505. The summed E-state index contributed by atoms with van der Waals surface area (Å²) in [5.74, 6) is 6.38. The van der Waals surface area contributed by atoms with Gasteiger partial charge in [0.25, 0.3) is 5.91 Å². The lowest BCUT2D eigenvalue weighted by molar-refractivity contribution is 0.0953. The normalized spacial score (nSPS) is 23.6. The van der Waals surface area contributed by atoms with Crippen molar-refractivity contribution in [1.82, 2.24) is 10.3 Å². The SMILES string of the molecule is CC1CC(C)CN(Cc2ccc(C(=O)NN)cc2Br)C1. The van der Waals surface area contributed by atoms with E-state index >= 15 is 0 Å². The van der Waals surface area contributed by atoms with Gasteiger partial charge in [-0.1, -0.05) is 35.8 Å². The first kappa shape index (κ1) is 15.5. The number of hydrazine groups is 1. The number of carbonyl (C=O) groups is 1. The smallest absolute Gasteiger partial charge is 0.265 e. The summed E-state index contributed by atoms with van der Waals surface area (Å²) in [6.45, 7) is 7.82. The molecule has 0 aliphatic carbocycles. The number of hydrogen-bond acceptors (Lipinski definition) is 3. The first-order valence-corrected chi connectivity index (χ1v) is 7.80. The minimum atomic E-state index is -0.266. The van der Waals surface area contributed by atoms with Gasteiger partial charge < -0.3 is 0 Å². The Morgan fingerprint density at radius 2 is 2.05 bits per heavy atom. The second kappa shape index (κ2) is 6.70. The molecule has 20 heavy (non-hydrogen) atoms. The average molecular weight is 340 g/mol. The number of rotatable bonds is 3. The van der Waals surface area contributed by atoms with Gasteiger partial charge in [-0.25, -0.2) is 5.84 Å². The average Bonchev–Trinajstić information content (AvgIpc) is 2.39. The molecule has 2 unspecified atom stereocenters. The largest absolute Gasteiger partial charge is 0.299 e. The van der Waals surface area contributed by atoms with Crippen LogP contribution in [0.25, 0.3) is 0 Å². The number of hydrogen-bond donors (Lipinski definition) is 2. The van der Waals surface area contributed by atoms with Crippen LogP contribution in [0.5, 0.6) is 0 Å². The maximum Gasteiger partial charge on any atom is 0.265 e. The van der Waals surface area contributed by atoms with E-state index in [4.69, 9.17) is 5.84 Å². The first-order chi connectivity index (χ1) is 9.49. The lowest BCUT2D eigenvalue weighted by Crippen LogP contribution is -2.38. The van der Waals surface area contributed by atoms with E-state index in [1.165, 1.54) is 12.0 Å². The standard InChI is InChI=1S/C15H22BrN3O/c1-10-5-11(2)8-19(7-10)9-13-4-3-12(6-14(13)16)15(20)18-17/h3-4,6,10-11H,5,7-9,17H2,1-2H3,(H,18,20). The van der Waals surface area contributed by atoms with Gasteiger partial charge in [0.15, 0.2) is 0 Å². The summed E-state index contributed by atoms with van der Waals surface area (Å²) in [6.07, 6.45) is 1.31. The van der Waals surface area contributed by atoms with Gasteiger partial charge in [0, 0.05) is 29.7 Å². The Kier molecular flexibility index (Phi) is 5.18. The molecule has 1 aromatic carbocycles. The predicted octanol–water partition coefficient (Wildman–Crippen LogP) is 2.53. The minimum Gasteiger partial charge on any atom is -0.299 e. The number of likely N-dealkylation sites (tertiary alicyclic amines) is 1. The molecule has 5 heteroatoms. The summed E-state index contributed by atoms with van der Waals surface area (Å²) in [7, 11) is 0. The summed E-state index contributed by atoms with van der Waals surface area (Å²) in [5.41, 5.74) is 3.93. The third kappa shape index (κ3) is 3.81. The van der Waals surface area contributed by atoms with Gasteiger partial charge in [0.05, 0.1) is 0 Å². The molecule has 1 fully saturated rings. The first-order valence-electron chi connectivity index (χ1n) is 7.01. The second-order valence-electron chi connectivity index (χ2n) is 5.92. The van der Waals surface area contributed by atoms with Gasteiger partial charge in [0.1, 0.15) is 0 Å². The zero-order valence-electron chi connectivity index (χ0n) is 12.0. The molecule has 0 aromatic heterocycles. The lowest BCUT2D eigenvalue weighted by Gasteiger charge is -2.35. The van der Waals surface area contributed by atoms with Crippen LogP contribution >= 0.6 is 15.9 Å². The van der Waals surface area contributed by atoms with Crippen molar-refractivity contribution in [3.05, 3.63) is 33.8 Å². The number of nitrogens with one attached hydrogen (secondary N) is 1. The van der Waals surface area contributed by atoms with Crippen LogP contribution in [0.3, 0.4) is 0 Å². The third-order valence-corrected chi connectivity index (χ3v) is 4.52. The van der Waals surface area contributed by atoms with Crippen LogP contribution in [0.15, 0.2) is 22.7 Å². The molecule has 110 valence electrons. The van der Waals surface area contributed by atoms with E-state index in [1.807, 2.05) is 18.2 Å². The van der Waals surface area contributed by atoms with Gasteiger partial charge in [-0.15, -0.1) is 0 Å². The van der Waals surface area contributed by atoms with E-state index in [-0.39, 0.29) is 5.91 Å². The van der Waals surface area contributed by atoms with Gasteiger partial charge in [-0.05, 0) is 36.0 Å². The van der Waals surface area contributed by atoms with Crippen molar-refractivity contribution in [2.45, 2.75) is 26.8 Å². The van der Waals surface area contributed by atoms with Crippen molar-refractivity contribution in [2.24, 2.45) is 17.7 Å². The summed E-state index contributed by atoms with van der Waals surface area (Å²) >= 11 is 3.55. The molecule has 0 bridgehead atoms. The fourth-order valence-corrected chi connectivity index (χ4v) is 3.57. The van der Waals surface area contributed by atoms with Gasteiger partial charge in [0.2, 0.25) is 0 Å². The summed E-state index contributed by atoms with van der Waals surface area (Å²) < 4.78 is 0.962. The van der Waals surface area contributed by atoms with E-state index in [0.29, 0.717) is 5.56 Å². The van der Waals surface area contributed by atoms with Crippen molar-refractivity contribution in [1.29, 1.82) is 0 Å². The highest BCUT2D eigenvalue weighted by Gasteiger charge is 2.22. The fraction of sp³-hybridized carbons (Fsp3) is 0.533. The molecule has 1 amide bonds. The number of benzene rings is 1. The monoisotopic (exact) mass is 339 g/mol. The molecule has 3 N–H and O–H groups in total. The highest BCUT2D eigenvalue weighted by atomic mass is 79.9. The van der Waals surface area contributed by atoms with E-state index in [9.17, 15) is 4.79 Å². The molecule has 1 heterocycles. The number of nitrogen functional groups attached to an aromatic ring is 1. The maximum absolute atomic E-state index is 11.5. The second-order valence-corrected chi connectivity index (χ2v) is 6.77. The van der Waals surface area contributed by atoms with Crippen molar-refractivity contribution in [3.63, 3.8) is 0 Å². The number of piperidine rings is 1. The Hall–Kier alpha value is -0.910. The minimum absolute atomic E-state index is 0.266. The molecular weight excluding hydrogens is 318 g/mol. The molecule has 1 aliphatic rings. The van der Waals surface area contributed by atoms with Gasteiger partial charge >= 0.3 is 0 Å². The van der Waals surface area contributed by atoms with Crippen molar-refractivity contribution < 1.29 is 4.79 Å². The molecular formula is C15H22BrN3O. The Morgan fingerprint density at radius 1 is 1.40 bits per heavy atom. The number of nitrogens with two attached hydrogens (primary N) is 1. The zero-order chi connectivity index (χ0) is 14.7. The molecule has 2 rings (SSSR count). The van der Waals surface area contributed by atoms with Crippen LogP contribution in [0.1, 0.15) is 36.2 Å². The van der Waals surface area contributed by atoms with Crippen molar-refractivity contribution >= 4 is 21.8 Å². The molecule has 1 saturated heterocycles. The van der Waals surface area contributed by atoms with E-state index in [2.05, 4.69) is 40.1 Å². The van der Waals surface area contributed by atoms with Gasteiger partial charge in [-0.3, -0.25) is 15.1 Å². The lowest BCUT2D eigenvalue weighted by atomic mass is 9.91. The van der Waals surface area contributed by atoms with Crippen LogP contribution < -0.4 is 11.3 Å². The van der Waals surface area contributed by atoms with Crippen LogP contribution in [0, 0.1) is 11.8 Å². The highest BCUT2D eigenvalue weighted by molar-refractivity contribution is 9.10. The predicted molar refractivity (Wildman–Crippen MR) is 84.0 cm³/mol. The highest BCUT2D eigenvalue weighted by Crippen LogP contribution is 2.25. The van der Waals surface area contributed by atoms with E-state index in [1.54, 1.807) is 0 Å². The van der Waals surface area contributed by atoms with Crippen LogP contribution in [-0.4, -0.2) is 23.9 Å². The van der Waals surface area contributed by atoms with E-state index < -0.39 is 0 Å². The number of halogens is 1. The zero-order valence-corrected chi connectivity index (χ0v) is 13.6. The maximum atomic E-state index is 11.5. The van der Waals surface area contributed by atoms with Gasteiger partial charge in [-0.2, -0.15) is 0 Å². The topological polar surface area (TPSA) is 58.4 Å². The van der Waals surface area contributed by atoms with Crippen LogP contribution in [0.4, 0.5) is 0 Å². The molecule has 1 aromatic rings. The number of amides is 1.